The molecule has 398 valence electrons. The fourth-order valence-corrected chi connectivity index (χ4v) is 9.19. The van der Waals surface area contributed by atoms with Crippen molar-refractivity contribution in [3.63, 3.8) is 0 Å². The topological polar surface area (TPSA) is 224 Å². The van der Waals surface area contributed by atoms with Gasteiger partial charge in [0.1, 0.15) is 30.4 Å². The van der Waals surface area contributed by atoms with Crippen LogP contribution in [0.2, 0.25) is 0 Å². The molecule has 1 saturated heterocycles. The highest BCUT2D eigenvalue weighted by molar-refractivity contribution is 5.96. The van der Waals surface area contributed by atoms with Crippen molar-refractivity contribution in [2.75, 3.05) is 65.9 Å². The van der Waals surface area contributed by atoms with Gasteiger partial charge < -0.3 is 61.2 Å². The summed E-state index contributed by atoms with van der Waals surface area (Å²) in [6.07, 6.45) is 2.29. The van der Waals surface area contributed by atoms with Gasteiger partial charge in [0.05, 0.1) is 45.6 Å². The molecule has 1 fully saturated rings. The summed E-state index contributed by atoms with van der Waals surface area (Å²) in [7, 11) is 3.53. The number of pyridine rings is 1. The number of hydrogen-bond acceptors (Lipinski definition) is 13. The van der Waals surface area contributed by atoms with Crippen LogP contribution in [0.4, 0.5) is 11.6 Å². The number of nitrogens with one attached hydrogen (secondary N) is 5. The molecule has 2 aromatic carbocycles. The van der Waals surface area contributed by atoms with E-state index < -0.39 is 23.6 Å². The zero-order valence-electron chi connectivity index (χ0n) is 44.5. The Morgan fingerprint density at radius 2 is 1.77 bits per heavy atom. The Kier molecular flexibility index (Phi) is 19.7. The molecular formula is C55H76N12O7. The van der Waals surface area contributed by atoms with Gasteiger partial charge in [-0.1, -0.05) is 88.9 Å². The third-order valence-corrected chi connectivity index (χ3v) is 13.6. The van der Waals surface area contributed by atoms with E-state index >= 15 is 0 Å². The monoisotopic (exact) mass is 1020 g/mol. The lowest BCUT2D eigenvalue weighted by Gasteiger charge is -2.37. The van der Waals surface area contributed by atoms with Crippen LogP contribution in [-0.4, -0.2) is 133 Å². The zero-order chi connectivity index (χ0) is 53.7. The van der Waals surface area contributed by atoms with E-state index in [-0.39, 0.29) is 92.7 Å². The van der Waals surface area contributed by atoms with Crippen LogP contribution >= 0.6 is 0 Å². The predicted octanol–water partition coefficient (Wildman–Crippen LogP) is 5.60. The molecule has 2 bridgehead atoms. The van der Waals surface area contributed by atoms with Gasteiger partial charge in [-0.3, -0.25) is 19.2 Å². The standard InChI is InChI=1S/C55H76N12O7/c1-12-43(38-16-14-13-15-17-38)63-52(69)45-30-40(32-66(45)54(71)49(55(6,7)8)62-36(4)35(3)57-9)59-22-25-73-27-26-72-24-20-47(68)60-21-23-67-51(58-10)48-39-29-46(50(56)61-31-39)74-37(5)42-28-34(2)18-19-41(42)53(70)65(11)33-44(48)64-67/h13-19,28-29,31,35,37,40,43,45,49,57,59,62H,4,12,20-27,30,32-33H2,1-3,5-9,11H3,(H2,56,61)(H,60,68)(H,63,69)/t35-,37+,40-,43+,45-,49+/m0/s1. The van der Waals surface area contributed by atoms with E-state index in [1.54, 1.807) is 35.2 Å². The number of likely N-dealkylation sites (N-methyl/N-ethyl adjacent to an activating group) is 1. The predicted molar refractivity (Wildman–Crippen MR) is 285 cm³/mol. The maximum Gasteiger partial charge on any atom is 0.260 e. The molecule has 74 heavy (non-hydrogen) atoms. The van der Waals surface area contributed by atoms with Crippen LogP contribution in [0.3, 0.4) is 0 Å². The number of amides is 4. The van der Waals surface area contributed by atoms with Crippen molar-refractivity contribution in [3.05, 3.63) is 112 Å². The number of aromatic nitrogens is 3. The number of ether oxygens (including phenoxy) is 3. The smallest absolute Gasteiger partial charge is 0.260 e. The van der Waals surface area contributed by atoms with Crippen LogP contribution in [0.25, 0.3) is 16.0 Å². The maximum absolute atomic E-state index is 14.5. The second kappa shape index (κ2) is 25.9. The quantitative estimate of drug-likeness (QED) is 0.0417. The Morgan fingerprint density at radius 1 is 1.04 bits per heavy atom. The van der Waals surface area contributed by atoms with Gasteiger partial charge in [0, 0.05) is 67.2 Å². The number of carbonyl (C=O) groups is 4. The number of nitrogens with zero attached hydrogens (tertiary/aromatic N) is 6. The number of carbonyl (C=O) groups excluding carboxylic acids is 4. The van der Waals surface area contributed by atoms with Crippen LogP contribution in [0.1, 0.15) is 106 Å². The summed E-state index contributed by atoms with van der Waals surface area (Å²) in [6.45, 7) is 28.6. The molecular weight excluding hydrogens is 941 g/mol. The molecule has 0 unspecified atom stereocenters. The van der Waals surface area contributed by atoms with Crippen LogP contribution in [0.15, 0.2) is 73.1 Å². The fourth-order valence-electron chi connectivity index (χ4n) is 9.19. The number of aryl methyl sites for hydroxylation is 1. The second-order valence-corrected chi connectivity index (χ2v) is 20.2. The molecule has 2 aliphatic heterocycles. The van der Waals surface area contributed by atoms with E-state index in [0.29, 0.717) is 78.5 Å². The Balaban J connectivity index is 0.969. The number of anilines is 1. The second-order valence-electron chi connectivity index (χ2n) is 20.2. The summed E-state index contributed by atoms with van der Waals surface area (Å²) in [5, 5.41) is 21.0. The Morgan fingerprint density at radius 3 is 2.46 bits per heavy atom. The average Bonchev–Trinajstić information content (AvgIpc) is 3.97. The molecule has 0 radical (unpaired) electrons. The van der Waals surface area contributed by atoms with Gasteiger partial charge in [-0.05, 0) is 69.3 Å². The summed E-state index contributed by atoms with van der Waals surface area (Å²) >= 11 is 0. The molecule has 2 aliphatic rings. The third kappa shape index (κ3) is 14.3. The van der Waals surface area contributed by atoms with Crippen molar-refractivity contribution >= 4 is 35.3 Å². The van der Waals surface area contributed by atoms with Gasteiger partial charge in [-0.15, -0.1) is 5.10 Å². The molecule has 6 atom stereocenters. The first-order valence-corrected chi connectivity index (χ1v) is 25.5. The minimum absolute atomic E-state index is 0.0709. The highest BCUT2D eigenvalue weighted by Crippen LogP contribution is 2.39. The Bertz CT molecular complexity index is 2640. The summed E-state index contributed by atoms with van der Waals surface area (Å²) < 4.78 is 19.4. The van der Waals surface area contributed by atoms with E-state index in [1.807, 2.05) is 98.0 Å². The van der Waals surface area contributed by atoms with Crippen molar-refractivity contribution in [1.29, 1.82) is 0 Å². The van der Waals surface area contributed by atoms with Crippen molar-refractivity contribution in [2.45, 2.75) is 117 Å². The first-order valence-electron chi connectivity index (χ1n) is 25.5. The molecule has 0 saturated carbocycles. The molecule has 7 N–H and O–H groups in total. The molecule has 0 spiro atoms. The number of nitrogens with two attached hydrogens (primary N) is 1. The number of nitrogen functional groups attached to an aromatic ring is 1. The summed E-state index contributed by atoms with van der Waals surface area (Å²) in [5.41, 5.74) is 11.2. The summed E-state index contributed by atoms with van der Waals surface area (Å²) in [6, 6.07) is 15.5. The van der Waals surface area contributed by atoms with Crippen LogP contribution < -0.4 is 37.1 Å². The molecule has 6 rings (SSSR count). The maximum atomic E-state index is 14.5. The van der Waals surface area contributed by atoms with E-state index in [9.17, 15) is 19.2 Å². The molecule has 0 aliphatic carbocycles. The fraction of sp³-hybridized carbons (Fsp3) is 0.509. The van der Waals surface area contributed by atoms with E-state index in [0.717, 1.165) is 11.1 Å². The van der Waals surface area contributed by atoms with Crippen LogP contribution in [-0.2, 0) is 36.9 Å². The van der Waals surface area contributed by atoms with Gasteiger partial charge in [0.15, 0.2) is 11.6 Å². The Hall–Kier alpha value is -6.85. The SMILES string of the molecule is [C-]#[N+]c1c2c(nn1CCNC(=O)CCOCCOCCN[C@H]1C[C@@H](C(=O)N[C@H](CC)c3ccccc3)N(C(=O)[C@@H](NC(=C)[C@H](C)NC)C(C)(C)C)C1)CN(C)C(=O)c1ccc(C)cc1[C@@H](C)Oc1cc-2cnc1N. The van der Waals surface area contributed by atoms with Gasteiger partial charge in [0.25, 0.3) is 11.7 Å². The summed E-state index contributed by atoms with van der Waals surface area (Å²) in [4.78, 5) is 66.8. The van der Waals surface area contributed by atoms with Crippen LogP contribution in [0.5, 0.6) is 5.75 Å². The largest absolute Gasteiger partial charge is 0.482 e. The number of hydrogen-bond donors (Lipinski definition) is 6. The van der Waals surface area contributed by atoms with E-state index in [4.69, 9.17) is 31.6 Å². The van der Waals surface area contributed by atoms with Crippen LogP contribution in [0, 0.1) is 18.9 Å². The molecule has 4 heterocycles. The highest BCUT2D eigenvalue weighted by Gasteiger charge is 2.45. The van der Waals surface area contributed by atoms with Gasteiger partial charge in [-0.2, -0.15) is 4.68 Å². The lowest BCUT2D eigenvalue weighted by Crippen LogP contribution is -2.57. The minimum atomic E-state index is -0.678. The highest BCUT2D eigenvalue weighted by atomic mass is 16.5. The molecule has 4 aromatic rings. The Labute approximate surface area is 436 Å². The molecule has 2 aromatic heterocycles. The first kappa shape index (κ1) is 56.4. The molecule has 19 nitrogen and oxygen atoms in total. The van der Waals surface area contributed by atoms with Gasteiger partial charge >= 0.3 is 0 Å². The average molecular weight is 1020 g/mol. The van der Waals surface area contributed by atoms with Crippen molar-refractivity contribution in [3.8, 4) is 16.9 Å². The molecule has 4 amide bonds. The zero-order valence-corrected chi connectivity index (χ0v) is 44.5. The van der Waals surface area contributed by atoms with E-state index in [1.165, 1.54) is 4.68 Å². The van der Waals surface area contributed by atoms with Gasteiger partial charge in [-0.25, -0.2) is 4.98 Å². The number of benzene rings is 2. The minimum Gasteiger partial charge on any atom is -0.482 e. The van der Waals surface area contributed by atoms with E-state index in [2.05, 4.69) is 43.0 Å². The van der Waals surface area contributed by atoms with Gasteiger partial charge in [0.2, 0.25) is 17.7 Å². The van der Waals surface area contributed by atoms with Crippen molar-refractivity contribution in [2.24, 2.45) is 5.41 Å². The lowest BCUT2D eigenvalue weighted by atomic mass is 9.85. The molecule has 19 heteroatoms. The van der Waals surface area contributed by atoms with Crippen molar-refractivity contribution in [1.82, 2.24) is 51.1 Å². The number of fused-ring (bicyclic) bond motifs is 5. The summed E-state index contributed by atoms with van der Waals surface area (Å²) in [5.74, 6) is -0.0808. The first-order chi connectivity index (χ1) is 35.3. The lowest BCUT2D eigenvalue weighted by molar-refractivity contribution is -0.142. The third-order valence-electron chi connectivity index (χ3n) is 13.6. The van der Waals surface area contributed by atoms with Crippen molar-refractivity contribution < 1.29 is 33.4 Å². The normalized spacial score (nSPS) is 17.8. The number of rotatable bonds is 22. The number of likely N-dealkylation sites (tertiary alicyclic amines) is 1.